The molecule has 3 aromatic rings. The third-order valence-corrected chi connectivity index (χ3v) is 6.68. The van der Waals surface area contributed by atoms with Crippen molar-refractivity contribution < 1.29 is 47.7 Å². The van der Waals surface area contributed by atoms with Gasteiger partial charge in [-0.15, -0.1) is 0 Å². The Morgan fingerprint density at radius 2 is 0.776 bits per heavy atom. The van der Waals surface area contributed by atoms with Crippen molar-refractivity contribution in [3.05, 3.63) is 115 Å². The summed E-state index contributed by atoms with van der Waals surface area (Å²) >= 11 is 0. The fourth-order valence-corrected chi connectivity index (χ4v) is 3.76. The molecule has 0 aliphatic carbocycles. The number of esters is 5. The van der Waals surface area contributed by atoms with Gasteiger partial charge in [0.15, 0.2) is 23.0 Å². The molecule has 0 aliphatic heterocycles. The van der Waals surface area contributed by atoms with Crippen molar-refractivity contribution in [3.8, 4) is 51.0 Å². The molecule has 252 valence electrons. The van der Waals surface area contributed by atoms with Crippen LogP contribution in [0.3, 0.4) is 0 Å². The lowest BCUT2D eigenvalue weighted by Crippen LogP contribution is -2.13. The number of ether oxygens (including phenoxy) is 5. The number of rotatable bonds is 12. The van der Waals surface area contributed by atoms with Crippen LogP contribution in [-0.4, -0.2) is 29.8 Å². The zero-order valence-electron chi connectivity index (χ0n) is 28.2. The molecule has 49 heavy (non-hydrogen) atoms. The van der Waals surface area contributed by atoms with E-state index in [1.807, 2.05) is 0 Å². The first kappa shape index (κ1) is 37.2. The van der Waals surface area contributed by atoms with Gasteiger partial charge in [-0.25, -0.2) is 24.0 Å². The van der Waals surface area contributed by atoms with Crippen LogP contribution in [0.25, 0.3) is 22.3 Å². The van der Waals surface area contributed by atoms with Crippen LogP contribution in [0, 0.1) is 0 Å². The maximum atomic E-state index is 13.0. The normalized spacial score (nSPS) is 10.7. The third kappa shape index (κ3) is 9.61. The number of benzene rings is 3. The van der Waals surface area contributed by atoms with Crippen molar-refractivity contribution in [2.45, 2.75) is 41.5 Å². The molecular weight excluding hydrogens is 628 g/mol. The van der Waals surface area contributed by atoms with Crippen molar-refractivity contribution >= 4 is 29.8 Å². The molecule has 0 N–H and O–H groups in total. The van der Waals surface area contributed by atoms with Gasteiger partial charge >= 0.3 is 29.8 Å². The summed E-state index contributed by atoms with van der Waals surface area (Å²) in [6.07, 6.45) is 1.60. The van der Waals surface area contributed by atoms with Crippen LogP contribution in [0.2, 0.25) is 0 Å². The minimum Gasteiger partial charge on any atom is -0.422 e. The fraction of sp³-hybridized carbons (Fsp3) is 0.154. The summed E-state index contributed by atoms with van der Waals surface area (Å²) in [5, 5.41) is 0. The molecule has 10 heteroatoms. The Balaban J connectivity index is 2.22. The second-order valence-corrected chi connectivity index (χ2v) is 11.1. The Bertz CT molecular complexity index is 1960. The zero-order chi connectivity index (χ0) is 36.6. The molecule has 0 heterocycles. The molecule has 0 saturated carbocycles. The quantitative estimate of drug-likeness (QED) is 0.107. The first-order valence-electron chi connectivity index (χ1n) is 14.8. The van der Waals surface area contributed by atoms with Gasteiger partial charge in [-0.3, -0.25) is 0 Å². The Morgan fingerprint density at radius 3 is 1.18 bits per heavy atom. The minimum atomic E-state index is -0.754. The van der Waals surface area contributed by atoms with E-state index in [1.54, 1.807) is 50.3 Å². The van der Waals surface area contributed by atoms with Crippen molar-refractivity contribution in [1.82, 2.24) is 0 Å². The Labute approximate surface area is 284 Å². The second kappa shape index (κ2) is 16.0. The average Bonchev–Trinajstić information content (AvgIpc) is 3.05. The summed E-state index contributed by atoms with van der Waals surface area (Å²) in [5.41, 5.74) is 2.71. The van der Waals surface area contributed by atoms with Crippen LogP contribution < -0.4 is 23.7 Å². The van der Waals surface area contributed by atoms with Crippen molar-refractivity contribution in [2.75, 3.05) is 0 Å². The van der Waals surface area contributed by atoms with Crippen LogP contribution in [-0.2, 0) is 24.0 Å². The Kier molecular flexibility index (Phi) is 12.1. The number of carbonyl (C=O) groups excluding carboxylic acids is 5. The third-order valence-electron chi connectivity index (χ3n) is 6.68. The van der Waals surface area contributed by atoms with E-state index in [4.69, 9.17) is 23.7 Å². The van der Waals surface area contributed by atoms with Crippen molar-refractivity contribution in [3.63, 3.8) is 0 Å². The van der Waals surface area contributed by atoms with E-state index in [2.05, 4.69) is 26.3 Å². The molecule has 0 aromatic heterocycles. The lowest BCUT2D eigenvalue weighted by Gasteiger charge is -2.16. The largest absolute Gasteiger partial charge is 0.422 e. The van der Waals surface area contributed by atoms with E-state index in [9.17, 15) is 24.0 Å². The number of carbonyl (C=O) groups is 5. The monoisotopic (exact) mass is 664 g/mol. The predicted molar refractivity (Wildman–Crippen MR) is 184 cm³/mol. The maximum Gasteiger partial charge on any atom is 0.338 e. The second-order valence-electron chi connectivity index (χ2n) is 11.1. The van der Waals surface area contributed by atoms with Crippen LogP contribution in [0.15, 0.2) is 115 Å². The predicted octanol–water partition coefficient (Wildman–Crippen LogP) is 7.82. The molecule has 0 radical (unpaired) electrons. The molecule has 3 aromatic carbocycles. The first-order valence-corrected chi connectivity index (χ1v) is 14.8. The number of hydrogen-bond acceptors (Lipinski definition) is 10. The molecule has 3 rings (SSSR count). The van der Waals surface area contributed by atoms with Gasteiger partial charge in [0.1, 0.15) is 5.75 Å². The molecule has 0 bridgehead atoms. The van der Waals surface area contributed by atoms with Gasteiger partial charge in [-0.05, 0) is 88.6 Å². The summed E-state index contributed by atoms with van der Waals surface area (Å²) in [4.78, 5) is 62.5. The first-order chi connectivity index (χ1) is 23.0. The highest BCUT2D eigenvalue weighted by atomic mass is 16.6. The van der Waals surface area contributed by atoms with Gasteiger partial charge < -0.3 is 23.7 Å². The lowest BCUT2D eigenvalue weighted by atomic mass is 9.98. The topological polar surface area (TPSA) is 132 Å². The molecular formula is C39H36O10. The van der Waals surface area contributed by atoms with E-state index in [1.165, 1.54) is 52.0 Å². The van der Waals surface area contributed by atoms with Crippen LogP contribution in [0.4, 0.5) is 0 Å². The van der Waals surface area contributed by atoms with Crippen LogP contribution in [0.1, 0.15) is 41.5 Å². The Hall–Kier alpha value is -6.29. The standard InChI is InChI=1S/C39H36O10/c1-11-25(10)39(44)47-32-18-26(27-13-16-30(45-35(40)21(2)3)33(19-27)48-37(42)23(6)7)12-15-29(32)28-14-17-31(46-36(41)22(4)5)34(20-28)49-38(43)24(8)9/h11-20H,2,4,6,8H2,1,3,5,7,9-10H3/b25-11+. The van der Waals surface area contributed by atoms with Gasteiger partial charge in [-0.1, -0.05) is 56.7 Å². The smallest absolute Gasteiger partial charge is 0.338 e. The highest BCUT2D eigenvalue weighted by Crippen LogP contribution is 2.41. The molecule has 0 aliphatic rings. The molecule has 0 amide bonds. The number of allylic oxidation sites excluding steroid dienone is 1. The van der Waals surface area contributed by atoms with E-state index >= 15 is 0 Å². The lowest BCUT2D eigenvalue weighted by molar-refractivity contribution is -0.132. The maximum absolute atomic E-state index is 13.0. The summed E-state index contributed by atoms with van der Waals surface area (Å²) in [7, 11) is 0. The average molecular weight is 665 g/mol. The molecule has 0 saturated heterocycles. The molecule has 0 unspecified atom stereocenters. The van der Waals surface area contributed by atoms with Gasteiger partial charge in [0.05, 0.1) is 0 Å². The summed E-state index contributed by atoms with van der Waals surface area (Å²) in [6.45, 7) is 23.5. The van der Waals surface area contributed by atoms with Crippen LogP contribution >= 0.6 is 0 Å². The molecule has 10 nitrogen and oxygen atoms in total. The summed E-state index contributed by atoms with van der Waals surface area (Å²) in [5.74, 6) is -3.66. The van der Waals surface area contributed by atoms with E-state index in [0.717, 1.165) is 0 Å². The van der Waals surface area contributed by atoms with Crippen molar-refractivity contribution in [1.29, 1.82) is 0 Å². The summed E-state index contributed by atoms with van der Waals surface area (Å²) in [6, 6.07) is 14.0. The van der Waals surface area contributed by atoms with Gasteiger partial charge in [0, 0.05) is 33.4 Å². The SMILES string of the molecule is C=C(C)C(=O)Oc1ccc(-c2ccc(-c3ccc(OC(=O)C(=C)C)c(OC(=O)C(=C)C)c3)c(OC(=O)/C(C)=C/C)c2)cc1OC(=O)C(=C)C. The minimum absolute atomic E-state index is 0.0254. The van der Waals surface area contributed by atoms with Crippen molar-refractivity contribution in [2.24, 2.45) is 0 Å². The fourth-order valence-electron chi connectivity index (χ4n) is 3.76. The Morgan fingerprint density at radius 1 is 0.449 bits per heavy atom. The van der Waals surface area contributed by atoms with E-state index in [0.29, 0.717) is 27.8 Å². The van der Waals surface area contributed by atoms with Gasteiger partial charge in [-0.2, -0.15) is 0 Å². The highest BCUT2D eigenvalue weighted by Gasteiger charge is 2.21. The summed E-state index contributed by atoms with van der Waals surface area (Å²) < 4.78 is 27.5. The van der Waals surface area contributed by atoms with Gasteiger partial charge in [0.2, 0.25) is 0 Å². The van der Waals surface area contributed by atoms with Crippen LogP contribution in [0.5, 0.6) is 28.7 Å². The van der Waals surface area contributed by atoms with Gasteiger partial charge in [0.25, 0.3) is 0 Å². The molecule has 0 fully saturated rings. The highest BCUT2D eigenvalue weighted by molar-refractivity contribution is 5.94. The molecule has 0 atom stereocenters. The van der Waals surface area contributed by atoms with E-state index < -0.39 is 29.8 Å². The zero-order valence-corrected chi connectivity index (χ0v) is 28.2. The molecule has 0 spiro atoms. The van der Waals surface area contributed by atoms with E-state index in [-0.39, 0.29) is 51.0 Å². The number of hydrogen-bond donors (Lipinski definition) is 0.